The van der Waals surface area contributed by atoms with E-state index in [2.05, 4.69) is 20.2 Å². The third-order valence-electron chi connectivity index (χ3n) is 2.62. The van der Waals surface area contributed by atoms with E-state index in [4.69, 9.17) is 0 Å². The third kappa shape index (κ3) is 4.87. The van der Waals surface area contributed by atoms with Crippen LogP contribution in [-0.2, 0) is 10.0 Å². The molecule has 2 rings (SSSR count). The topological polar surface area (TPSA) is 84.0 Å². The molecule has 0 saturated heterocycles. The molecule has 2 N–H and O–H groups in total. The molecule has 0 aliphatic heterocycles. The van der Waals surface area contributed by atoms with Crippen LogP contribution in [-0.4, -0.2) is 37.0 Å². The summed E-state index contributed by atoms with van der Waals surface area (Å²) < 4.78 is 25.9. The van der Waals surface area contributed by atoms with Crippen LogP contribution in [0.25, 0.3) is 0 Å². The van der Waals surface area contributed by atoms with Crippen LogP contribution >= 0.6 is 11.3 Å². The van der Waals surface area contributed by atoms with Gasteiger partial charge in [0.25, 0.3) is 0 Å². The first kappa shape index (κ1) is 13.7. The van der Waals surface area contributed by atoms with E-state index in [0.29, 0.717) is 17.6 Å². The van der Waals surface area contributed by atoms with Crippen molar-refractivity contribution in [3.8, 4) is 0 Å². The van der Waals surface area contributed by atoms with Crippen molar-refractivity contribution in [2.24, 2.45) is 0 Å². The number of unbranched alkanes of at least 4 members (excludes halogenated alkanes) is 1. The van der Waals surface area contributed by atoms with E-state index >= 15 is 0 Å². The Labute approximate surface area is 111 Å². The molecule has 8 heteroatoms. The van der Waals surface area contributed by atoms with Crippen LogP contribution in [0.1, 0.15) is 30.7 Å². The smallest absolute Gasteiger partial charge is 0.234 e. The molecule has 1 aromatic heterocycles. The van der Waals surface area contributed by atoms with E-state index in [0.717, 1.165) is 18.0 Å². The summed E-state index contributed by atoms with van der Waals surface area (Å²) in [6.45, 7) is 2.69. The van der Waals surface area contributed by atoms with Crippen molar-refractivity contribution in [1.82, 2.24) is 15.5 Å². The lowest BCUT2D eigenvalue weighted by molar-refractivity contribution is 0.590. The Morgan fingerprint density at radius 3 is 2.72 bits per heavy atom. The van der Waals surface area contributed by atoms with Gasteiger partial charge in [-0.1, -0.05) is 11.3 Å². The molecular weight excluding hydrogens is 272 g/mol. The molecule has 1 fully saturated rings. The van der Waals surface area contributed by atoms with Gasteiger partial charge >= 0.3 is 0 Å². The molecule has 0 spiro atoms. The van der Waals surface area contributed by atoms with Crippen LogP contribution < -0.4 is 10.0 Å². The molecule has 1 saturated carbocycles. The van der Waals surface area contributed by atoms with Gasteiger partial charge in [-0.15, -0.1) is 10.2 Å². The number of hydrogen-bond donors (Lipinski definition) is 2. The van der Waals surface area contributed by atoms with Crippen LogP contribution in [0, 0.1) is 6.92 Å². The Balaban J connectivity index is 1.66. The zero-order chi connectivity index (χ0) is 13.0. The molecule has 1 aromatic rings. The monoisotopic (exact) mass is 290 g/mol. The maximum atomic E-state index is 11.7. The van der Waals surface area contributed by atoms with Gasteiger partial charge in [-0.25, -0.2) is 8.42 Å². The molecule has 0 atom stereocenters. The lowest BCUT2D eigenvalue weighted by Gasteiger charge is -2.05. The number of sulfonamides is 1. The highest BCUT2D eigenvalue weighted by atomic mass is 32.2. The molecule has 1 aliphatic rings. The fourth-order valence-corrected chi connectivity index (χ4v) is 3.52. The van der Waals surface area contributed by atoms with Crippen LogP contribution in [0.15, 0.2) is 0 Å². The second kappa shape index (κ2) is 5.94. The van der Waals surface area contributed by atoms with Crippen molar-refractivity contribution >= 4 is 26.5 Å². The Kier molecular flexibility index (Phi) is 4.52. The fraction of sp³-hybridized carbons (Fsp3) is 0.800. The zero-order valence-electron chi connectivity index (χ0n) is 10.3. The van der Waals surface area contributed by atoms with Gasteiger partial charge in [0.1, 0.15) is 5.01 Å². The maximum Gasteiger partial charge on any atom is 0.234 e. The Morgan fingerprint density at radius 1 is 1.33 bits per heavy atom. The van der Waals surface area contributed by atoms with Crippen molar-refractivity contribution < 1.29 is 8.42 Å². The summed E-state index contributed by atoms with van der Waals surface area (Å²) in [6.07, 6.45) is 4.06. The van der Waals surface area contributed by atoms with E-state index in [9.17, 15) is 8.42 Å². The second-order valence-electron chi connectivity index (χ2n) is 4.48. The summed E-state index contributed by atoms with van der Waals surface area (Å²) in [4.78, 5) is 0. The van der Waals surface area contributed by atoms with Gasteiger partial charge in [0.05, 0.1) is 5.75 Å². The SMILES string of the molecule is Cc1nnc(NS(=O)(=O)CCCCNC2CC2)s1. The summed E-state index contributed by atoms with van der Waals surface area (Å²) in [5, 5.41) is 12.0. The average molecular weight is 290 g/mol. The molecule has 18 heavy (non-hydrogen) atoms. The number of aryl methyl sites for hydroxylation is 1. The molecule has 0 bridgehead atoms. The van der Waals surface area contributed by atoms with E-state index in [1.165, 1.54) is 24.2 Å². The van der Waals surface area contributed by atoms with E-state index in [1.54, 1.807) is 6.92 Å². The van der Waals surface area contributed by atoms with Gasteiger partial charge in [0, 0.05) is 6.04 Å². The Morgan fingerprint density at radius 2 is 2.11 bits per heavy atom. The van der Waals surface area contributed by atoms with Gasteiger partial charge < -0.3 is 5.32 Å². The number of nitrogens with one attached hydrogen (secondary N) is 2. The minimum absolute atomic E-state index is 0.137. The third-order valence-corrected chi connectivity index (χ3v) is 4.83. The van der Waals surface area contributed by atoms with Gasteiger partial charge in [0.15, 0.2) is 0 Å². The largest absolute Gasteiger partial charge is 0.314 e. The minimum atomic E-state index is -3.28. The predicted octanol–water partition coefficient (Wildman–Crippen LogP) is 1.12. The molecule has 0 unspecified atom stereocenters. The first-order chi connectivity index (χ1) is 8.55. The molecule has 1 heterocycles. The Hall–Kier alpha value is -0.730. The lowest BCUT2D eigenvalue weighted by atomic mass is 10.3. The van der Waals surface area contributed by atoms with E-state index in [1.807, 2.05) is 0 Å². The summed E-state index contributed by atoms with van der Waals surface area (Å²) in [7, 11) is -3.28. The summed E-state index contributed by atoms with van der Waals surface area (Å²) in [5.41, 5.74) is 0. The zero-order valence-corrected chi connectivity index (χ0v) is 12.0. The highest BCUT2D eigenvalue weighted by Gasteiger charge is 2.19. The van der Waals surface area contributed by atoms with Crippen molar-refractivity contribution in [1.29, 1.82) is 0 Å². The van der Waals surface area contributed by atoms with Gasteiger partial charge in [-0.05, 0) is 39.2 Å². The molecule has 102 valence electrons. The fourth-order valence-electron chi connectivity index (χ4n) is 1.53. The lowest BCUT2D eigenvalue weighted by Crippen LogP contribution is -2.20. The van der Waals surface area contributed by atoms with Crippen LogP contribution in [0.5, 0.6) is 0 Å². The molecule has 0 amide bonds. The minimum Gasteiger partial charge on any atom is -0.314 e. The highest BCUT2D eigenvalue weighted by molar-refractivity contribution is 7.92. The van der Waals surface area contributed by atoms with Crippen LogP contribution in [0.2, 0.25) is 0 Å². The number of rotatable bonds is 8. The number of hydrogen-bond acceptors (Lipinski definition) is 6. The van der Waals surface area contributed by atoms with Crippen LogP contribution in [0.3, 0.4) is 0 Å². The predicted molar refractivity (Wildman–Crippen MR) is 72.3 cm³/mol. The van der Waals surface area contributed by atoms with Crippen LogP contribution in [0.4, 0.5) is 5.13 Å². The highest BCUT2D eigenvalue weighted by Crippen LogP contribution is 2.18. The molecule has 0 aromatic carbocycles. The first-order valence-electron chi connectivity index (χ1n) is 6.09. The molecular formula is C10H18N4O2S2. The van der Waals surface area contributed by atoms with Gasteiger partial charge in [0.2, 0.25) is 15.2 Å². The molecule has 1 aliphatic carbocycles. The van der Waals surface area contributed by atoms with Gasteiger partial charge in [-0.2, -0.15) is 0 Å². The van der Waals surface area contributed by atoms with Gasteiger partial charge in [-0.3, -0.25) is 4.72 Å². The normalized spacial score (nSPS) is 15.8. The van der Waals surface area contributed by atoms with E-state index in [-0.39, 0.29) is 5.75 Å². The summed E-state index contributed by atoms with van der Waals surface area (Å²) in [6, 6.07) is 0.684. The van der Waals surface area contributed by atoms with Crippen molar-refractivity contribution in [2.75, 3.05) is 17.0 Å². The number of nitrogens with zero attached hydrogens (tertiary/aromatic N) is 2. The average Bonchev–Trinajstić information content (AvgIpc) is 3.02. The van der Waals surface area contributed by atoms with Crippen molar-refractivity contribution in [2.45, 2.75) is 38.6 Å². The molecule has 0 radical (unpaired) electrons. The standard InChI is InChI=1S/C10H18N4O2S2/c1-8-12-13-10(17-8)14-18(15,16)7-3-2-6-11-9-4-5-9/h9,11H,2-7H2,1H3,(H,13,14). The Bertz CT molecular complexity index is 482. The van der Waals surface area contributed by atoms with Crippen molar-refractivity contribution in [3.05, 3.63) is 5.01 Å². The summed E-state index contributed by atoms with van der Waals surface area (Å²) in [5.74, 6) is 0.137. The number of aromatic nitrogens is 2. The quantitative estimate of drug-likeness (QED) is 0.701. The van der Waals surface area contributed by atoms with E-state index < -0.39 is 10.0 Å². The number of anilines is 1. The summed E-state index contributed by atoms with van der Waals surface area (Å²) >= 11 is 1.25. The maximum absolute atomic E-state index is 11.7. The van der Waals surface area contributed by atoms with Crippen molar-refractivity contribution in [3.63, 3.8) is 0 Å². The first-order valence-corrected chi connectivity index (χ1v) is 8.56. The molecule has 6 nitrogen and oxygen atoms in total. The second-order valence-corrected chi connectivity index (χ2v) is 7.51.